The summed E-state index contributed by atoms with van der Waals surface area (Å²) in [7, 11) is 0. The molecule has 2 amide bonds. The summed E-state index contributed by atoms with van der Waals surface area (Å²) < 4.78 is 5.36. The Morgan fingerprint density at radius 3 is 2.52 bits per heavy atom. The number of ether oxygens (including phenoxy) is 1. The summed E-state index contributed by atoms with van der Waals surface area (Å²) in [6.45, 7) is 7.49. The second-order valence-corrected chi connectivity index (χ2v) is 8.74. The van der Waals surface area contributed by atoms with Gasteiger partial charge in [-0.2, -0.15) is 0 Å². The van der Waals surface area contributed by atoms with Crippen LogP contribution in [0, 0.1) is 11.3 Å². The van der Waals surface area contributed by atoms with Gasteiger partial charge in [-0.15, -0.1) is 0 Å². The van der Waals surface area contributed by atoms with Crippen LogP contribution in [0.5, 0.6) is 0 Å². The second-order valence-electron chi connectivity index (χ2n) is 8.74. The first-order valence-electron chi connectivity index (χ1n) is 9.08. The summed E-state index contributed by atoms with van der Waals surface area (Å²) in [5.41, 5.74) is 8.02. The molecule has 0 spiro atoms. The molecule has 0 saturated heterocycles. The predicted molar refractivity (Wildman–Crippen MR) is 93.4 cm³/mol. The molecule has 7 heteroatoms. The molecule has 2 atom stereocenters. The average Bonchev–Trinajstić information content (AvgIpc) is 3.05. The number of amides is 2. The van der Waals surface area contributed by atoms with Crippen molar-refractivity contribution in [1.29, 1.82) is 0 Å². The SMILES string of the molecule is CC1(C[C@H](N)C(=O)NN(C[C@@H]2CCCC2=O)C(=O)OC(C)(C)C)CC1. The first-order chi connectivity index (χ1) is 11.5. The molecule has 2 fully saturated rings. The van der Waals surface area contributed by atoms with Crippen LogP contribution < -0.4 is 11.2 Å². The normalized spacial score (nSPS) is 23.1. The minimum atomic E-state index is -0.691. The molecule has 0 aromatic carbocycles. The van der Waals surface area contributed by atoms with E-state index in [2.05, 4.69) is 12.3 Å². The van der Waals surface area contributed by atoms with Crippen LogP contribution in [0.4, 0.5) is 4.79 Å². The quantitative estimate of drug-likeness (QED) is 0.737. The highest BCUT2D eigenvalue weighted by atomic mass is 16.6. The van der Waals surface area contributed by atoms with E-state index in [0.29, 0.717) is 12.8 Å². The summed E-state index contributed by atoms with van der Waals surface area (Å²) in [6, 6.07) is -0.684. The van der Waals surface area contributed by atoms with Gasteiger partial charge in [0.15, 0.2) is 0 Å². The third kappa shape index (κ3) is 5.99. The molecule has 0 aromatic heterocycles. The van der Waals surface area contributed by atoms with Gasteiger partial charge < -0.3 is 10.5 Å². The van der Waals surface area contributed by atoms with Crippen LogP contribution in [0.3, 0.4) is 0 Å². The van der Waals surface area contributed by atoms with Gasteiger partial charge in [-0.25, -0.2) is 9.80 Å². The number of ketones is 1. The Balaban J connectivity index is 2.00. The zero-order valence-corrected chi connectivity index (χ0v) is 15.8. The van der Waals surface area contributed by atoms with Gasteiger partial charge in [0.05, 0.1) is 12.6 Å². The van der Waals surface area contributed by atoms with Crippen molar-refractivity contribution >= 4 is 17.8 Å². The molecule has 0 aromatic rings. The molecule has 142 valence electrons. The standard InChI is InChI=1S/C18H31N3O4/c1-17(2,3)25-16(24)21(11-12-6-5-7-14(12)22)20-15(23)13(19)10-18(4)8-9-18/h12-13H,5-11,19H2,1-4H3,(H,20,23)/t12-,13-/m0/s1. The van der Waals surface area contributed by atoms with Crippen molar-refractivity contribution in [3.8, 4) is 0 Å². The van der Waals surface area contributed by atoms with Crippen LogP contribution in [-0.4, -0.2) is 41.0 Å². The minimum Gasteiger partial charge on any atom is -0.442 e. The highest BCUT2D eigenvalue weighted by Gasteiger charge is 2.40. The molecule has 7 nitrogen and oxygen atoms in total. The Morgan fingerprint density at radius 2 is 2.04 bits per heavy atom. The first kappa shape index (κ1) is 19.7. The van der Waals surface area contributed by atoms with Gasteiger partial charge in [-0.05, 0) is 58.3 Å². The zero-order chi connectivity index (χ0) is 18.8. The summed E-state index contributed by atoms with van der Waals surface area (Å²) in [5, 5.41) is 1.12. The van der Waals surface area contributed by atoms with Crippen LogP contribution in [0.2, 0.25) is 0 Å². The zero-order valence-electron chi connectivity index (χ0n) is 15.8. The molecule has 2 aliphatic carbocycles. The van der Waals surface area contributed by atoms with Gasteiger partial charge in [0.1, 0.15) is 11.4 Å². The van der Waals surface area contributed by atoms with E-state index in [9.17, 15) is 14.4 Å². The summed E-state index contributed by atoms with van der Waals surface area (Å²) in [6.07, 6.45) is 4.13. The number of hydrazine groups is 1. The maximum absolute atomic E-state index is 12.4. The number of hydrogen-bond acceptors (Lipinski definition) is 5. The molecule has 0 radical (unpaired) electrons. The third-order valence-corrected chi connectivity index (χ3v) is 4.85. The Bertz CT molecular complexity index is 537. The molecule has 2 saturated carbocycles. The Labute approximate surface area is 149 Å². The van der Waals surface area contributed by atoms with Crippen LogP contribution >= 0.6 is 0 Å². The number of hydrogen-bond donors (Lipinski definition) is 2. The smallest absolute Gasteiger partial charge is 0.429 e. The van der Waals surface area contributed by atoms with E-state index in [4.69, 9.17) is 10.5 Å². The molecule has 2 rings (SSSR count). The van der Waals surface area contributed by atoms with E-state index in [0.717, 1.165) is 30.7 Å². The van der Waals surface area contributed by atoms with Gasteiger partial charge in [0, 0.05) is 12.3 Å². The van der Waals surface area contributed by atoms with E-state index in [-0.39, 0.29) is 23.7 Å². The maximum atomic E-state index is 12.4. The van der Waals surface area contributed by atoms with Gasteiger partial charge >= 0.3 is 6.09 Å². The largest absolute Gasteiger partial charge is 0.442 e. The van der Waals surface area contributed by atoms with Crippen molar-refractivity contribution in [1.82, 2.24) is 10.4 Å². The maximum Gasteiger partial charge on any atom is 0.429 e. The Kier molecular flexibility index (Phi) is 5.76. The number of Topliss-reactive ketones (excluding diaryl/α,β-unsaturated/α-hetero) is 1. The molecular weight excluding hydrogens is 322 g/mol. The molecule has 2 aliphatic rings. The third-order valence-electron chi connectivity index (χ3n) is 4.85. The Morgan fingerprint density at radius 1 is 1.40 bits per heavy atom. The van der Waals surface area contributed by atoms with E-state index in [1.54, 1.807) is 20.8 Å². The van der Waals surface area contributed by atoms with Crippen molar-refractivity contribution < 1.29 is 19.1 Å². The number of rotatable bonds is 5. The average molecular weight is 353 g/mol. The lowest BCUT2D eigenvalue weighted by Gasteiger charge is -2.30. The van der Waals surface area contributed by atoms with Gasteiger partial charge in [0.25, 0.3) is 5.91 Å². The lowest BCUT2D eigenvalue weighted by atomic mass is 9.99. The topological polar surface area (TPSA) is 102 Å². The molecule has 0 heterocycles. The minimum absolute atomic E-state index is 0.123. The highest BCUT2D eigenvalue weighted by Crippen LogP contribution is 2.48. The number of carbonyl (C=O) groups is 3. The van der Waals surface area contributed by atoms with Crippen LogP contribution in [0.1, 0.15) is 66.2 Å². The van der Waals surface area contributed by atoms with Crippen molar-refractivity contribution in [3.63, 3.8) is 0 Å². The van der Waals surface area contributed by atoms with Gasteiger partial charge in [0.2, 0.25) is 0 Å². The second kappa shape index (κ2) is 7.32. The number of nitrogens with zero attached hydrogens (tertiary/aromatic N) is 1. The summed E-state index contributed by atoms with van der Waals surface area (Å²) >= 11 is 0. The Hall–Kier alpha value is -1.63. The fraction of sp³-hybridized carbons (Fsp3) is 0.833. The van der Waals surface area contributed by atoms with Crippen LogP contribution in [0.25, 0.3) is 0 Å². The lowest BCUT2D eigenvalue weighted by Crippen LogP contribution is -2.55. The van der Waals surface area contributed by atoms with Crippen LogP contribution in [-0.2, 0) is 14.3 Å². The lowest BCUT2D eigenvalue weighted by molar-refractivity contribution is -0.129. The summed E-state index contributed by atoms with van der Waals surface area (Å²) in [4.78, 5) is 36.8. The van der Waals surface area contributed by atoms with E-state index in [1.807, 2.05) is 0 Å². The van der Waals surface area contributed by atoms with Crippen molar-refractivity contribution in [3.05, 3.63) is 0 Å². The molecule has 0 aliphatic heterocycles. The van der Waals surface area contributed by atoms with Crippen LogP contribution in [0.15, 0.2) is 0 Å². The fourth-order valence-electron chi connectivity index (χ4n) is 3.04. The fourth-order valence-corrected chi connectivity index (χ4v) is 3.04. The first-order valence-corrected chi connectivity index (χ1v) is 9.08. The van der Waals surface area contributed by atoms with E-state index >= 15 is 0 Å². The van der Waals surface area contributed by atoms with E-state index in [1.165, 1.54) is 0 Å². The number of carbonyl (C=O) groups excluding carboxylic acids is 3. The number of nitrogens with two attached hydrogens (primary N) is 1. The summed E-state index contributed by atoms with van der Waals surface area (Å²) in [5.74, 6) is -0.549. The molecular formula is C18H31N3O4. The molecule has 25 heavy (non-hydrogen) atoms. The molecule has 0 bridgehead atoms. The predicted octanol–water partition coefficient (Wildman–Crippen LogP) is 2.14. The van der Waals surface area contributed by atoms with E-state index < -0.39 is 23.6 Å². The van der Waals surface area contributed by atoms with Gasteiger partial charge in [-0.3, -0.25) is 15.0 Å². The molecule has 3 N–H and O–H groups in total. The van der Waals surface area contributed by atoms with Crippen molar-refractivity contribution in [2.75, 3.05) is 6.54 Å². The number of nitrogens with one attached hydrogen (secondary N) is 1. The van der Waals surface area contributed by atoms with Gasteiger partial charge in [-0.1, -0.05) is 6.92 Å². The monoisotopic (exact) mass is 353 g/mol. The van der Waals surface area contributed by atoms with Crippen molar-refractivity contribution in [2.24, 2.45) is 17.1 Å². The van der Waals surface area contributed by atoms with Crippen molar-refractivity contribution in [2.45, 2.75) is 77.9 Å². The highest BCUT2D eigenvalue weighted by molar-refractivity contribution is 5.85. The molecule has 0 unspecified atom stereocenters.